The van der Waals surface area contributed by atoms with Crippen LogP contribution in [-0.2, 0) is 9.59 Å². The fourth-order valence-corrected chi connectivity index (χ4v) is 2.55. The van der Waals surface area contributed by atoms with Gasteiger partial charge in [0.1, 0.15) is 5.75 Å². The first kappa shape index (κ1) is 19.2. The van der Waals surface area contributed by atoms with Gasteiger partial charge in [0.25, 0.3) is 11.8 Å². The van der Waals surface area contributed by atoms with Gasteiger partial charge in [0.15, 0.2) is 6.61 Å². The molecule has 26 heavy (non-hydrogen) atoms. The molecular weight excluding hydrogens is 328 g/mol. The van der Waals surface area contributed by atoms with Crippen LogP contribution in [0.4, 0.5) is 0 Å². The molecule has 0 radical (unpaired) electrons. The monoisotopic (exact) mass is 352 g/mol. The zero-order valence-electron chi connectivity index (χ0n) is 15.6. The first-order chi connectivity index (χ1) is 12.3. The van der Waals surface area contributed by atoms with Crippen LogP contribution in [0, 0.1) is 27.7 Å². The molecule has 0 aliphatic rings. The zero-order valence-corrected chi connectivity index (χ0v) is 15.6. The Balaban J connectivity index is 1.79. The highest BCUT2D eigenvalue weighted by Gasteiger charge is 2.05. The lowest BCUT2D eigenvalue weighted by Crippen LogP contribution is -2.43. The van der Waals surface area contributed by atoms with Crippen molar-refractivity contribution in [3.05, 3.63) is 70.3 Å². The van der Waals surface area contributed by atoms with Gasteiger partial charge in [-0.25, -0.2) is 0 Å². The van der Waals surface area contributed by atoms with Crippen LogP contribution in [0.15, 0.2) is 42.5 Å². The van der Waals surface area contributed by atoms with Crippen LogP contribution >= 0.6 is 0 Å². The van der Waals surface area contributed by atoms with Crippen molar-refractivity contribution in [1.29, 1.82) is 0 Å². The lowest BCUT2D eigenvalue weighted by molar-refractivity contribution is -0.128. The Morgan fingerprint density at radius 2 is 1.62 bits per heavy atom. The van der Waals surface area contributed by atoms with Crippen molar-refractivity contribution < 1.29 is 14.3 Å². The molecule has 0 heterocycles. The molecule has 2 N–H and O–H groups in total. The lowest BCUT2D eigenvalue weighted by Gasteiger charge is -2.09. The SMILES string of the molecule is Cc1cc(C)cc(OCC(=O)NNC(=O)/C=C/c2ccc(C)cc2C)c1. The van der Waals surface area contributed by atoms with Gasteiger partial charge < -0.3 is 4.74 Å². The molecule has 2 amide bonds. The average molecular weight is 352 g/mol. The van der Waals surface area contributed by atoms with Gasteiger partial charge in [-0.1, -0.05) is 29.8 Å². The van der Waals surface area contributed by atoms with Gasteiger partial charge in [-0.3, -0.25) is 20.4 Å². The Morgan fingerprint density at radius 1 is 0.923 bits per heavy atom. The molecule has 0 unspecified atom stereocenters. The summed E-state index contributed by atoms with van der Waals surface area (Å²) in [6, 6.07) is 11.7. The van der Waals surface area contributed by atoms with E-state index in [-0.39, 0.29) is 6.61 Å². The number of aryl methyl sites for hydroxylation is 4. The summed E-state index contributed by atoms with van der Waals surface area (Å²) in [6.07, 6.45) is 3.09. The standard InChI is InChI=1S/C21H24N2O3/c1-14-5-6-18(17(4)10-14)7-8-20(24)22-23-21(25)13-26-19-11-15(2)9-16(3)12-19/h5-12H,13H2,1-4H3,(H,22,24)(H,23,25)/b8-7+. The van der Waals surface area contributed by atoms with Crippen LogP contribution < -0.4 is 15.6 Å². The maximum atomic E-state index is 11.8. The summed E-state index contributed by atoms with van der Waals surface area (Å²) in [5, 5.41) is 0. The van der Waals surface area contributed by atoms with Gasteiger partial charge in [0, 0.05) is 6.08 Å². The molecule has 5 nitrogen and oxygen atoms in total. The first-order valence-electron chi connectivity index (χ1n) is 8.39. The minimum absolute atomic E-state index is 0.177. The van der Waals surface area contributed by atoms with Crippen LogP contribution in [0.2, 0.25) is 0 Å². The van der Waals surface area contributed by atoms with E-state index in [2.05, 4.69) is 10.9 Å². The van der Waals surface area contributed by atoms with E-state index in [1.54, 1.807) is 6.08 Å². The lowest BCUT2D eigenvalue weighted by atomic mass is 10.1. The number of hydrazine groups is 1. The second-order valence-corrected chi connectivity index (χ2v) is 6.34. The van der Waals surface area contributed by atoms with Gasteiger partial charge in [-0.05, 0) is 68.2 Å². The Kier molecular flexibility index (Phi) is 6.55. The van der Waals surface area contributed by atoms with Crippen molar-refractivity contribution >= 4 is 17.9 Å². The van der Waals surface area contributed by atoms with Crippen molar-refractivity contribution in [3.63, 3.8) is 0 Å². The van der Waals surface area contributed by atoms with E-state index >= 15 is 0 Å². The largest absolute Gasteiger partial charge is 0.484 e. The predicted octanol–water partition coefficient (Wildman–Crippen LogP) is 3.16. The number of carbonyl (C=O) groups excluding carboxylic acids is 2. The third-order valence-electron chi connectivity index (χ3n) is 3.73. The fourth-order valence-electron chi connectivity index (χ4n) is 2.55. The van der Waals surface area contributed by atoms with E-state index in [1.807, 2.05) is 64.1 Å². The Bertz CT molecular complexity index is 821. The van der Waals surface area contributed by atoms with Crippen molar-refractivity contribution in [1.82, 2.24) is 10.9 Å². The van der Waals surface area contributed by atoms with E-state index in [0.717, 1.165) is 22.3 Å². The number of nitrogens with one attached hydrogen (secondary N) is 2. The quantitative estimate of drug-likeness (QED) is 0.642. The van der Waals surface area contributed by atoms with E-state index in [0.29, 0.717) is 5.75 Å². The smallest absolute Gasteiger partial charge is 0.276 e. The minimum atomic E-state index is -0.433. The molecule has 0 saturated heterocycles. The topological polar surface area (TPSA) is 67.4 Å². The summed E-state index contributed by atoms with van der Waals surface area (Å²) < 4.78 is 5.44. The van der Waals surface area contributed by atoms with Gasteiger partial charge in [0.2, 0.25) is 0 Å². The van der Waals surface area contributed by atoms with Crippen LogP contribution in [-0.4, -0.2) is 18.4 Å². The van der Waals surface area contributed by atoms with Gasteiger partial charge in [0.05, 0.1) is 0 Å². The molecule has 0 spiro atoms. The molecule has 5 heteroatoms. The normalized spacial score (nSPS) is 10.6. The van der Waals surface area contributed by atoms with Crippen LogP contribution in [0.25, 0.3) is 6.08 Å². The van der Waals surface area contributed by atoms with E-state index in [9.17, 15) is 9.59 Å². The molecule has 0 aliphatic carbocycles. The Labute approximate surface area is 154 Å². The molecule has 0 aliphatic heterocycles. The summed E-state index contributed by atoms with van der Waals surface area (Å²) in [7, 11) is 0. The number of carbonyl (C=O) groups is 2. The maximum Gasteiger partial charge on any atom is 0.276 e. The van der Waals surface area contributed by atoms with Crippen molar-refractivity contribution in [2.75, 3.05) is 6.61 Å². The van der Waals surface area contributed by atoms with Crippen LogP contribution in [0.3, 0.4) is 0 Å². The highest BCUT2D eigenvalue weighted by Crippen LogP contribution is 2.16. The third-order valence-corrected chi connectivity index (χ3v) is 3.73. The van der Waals surface area contributed by atoms with E-state index in [1.165, 1.54) is 11.6 Å². The van der Waals surface area contributed by atoms with Gasteiger partial charge in [-0.2, -0.15) is 0 Å². The number of ether oxygens (including phenoxy) is 1. The summed E-state index contributed by atoms with van der Waals surface area (Å²) in [6.45, 7) is 7.74. The molecule has 0 atom stereocenters. The zero-order chi connectivity index (χ0) is 19.1. The van der Waals surface area contributed by atoms with Crippen molar-refractivity contribution in [2.24, 2.45) is 0 Å². The predicted molar refractivity (Wildman–Crippen MR) is 103 cm³/mol. The van der Waals surface area contributed by atoms with Crippen molar-refractivity contribution in [2.45, 2.75) is 27.7 Å². The average Bonchev–Trinajstić information content (AvgIpc) is 2.56. The molecular formula is C21H24N2O3. The number of amides is 2. The highest BCUT2D eigenvalue weighted by molar-refractivity contribution is 5.93. The molecule has 0 saturated carbocycles. The van der Waals surface area contributed by atoms with Crippen LogP contribution in [0.1, 0.15) is 27.8 Å². The highest BCUT2D eigenvalue weighted by atomic mass is 16.5. The number of rotatable bonds is 5. The number of hydrogen-bond acceptors (Lipinski definition) is 3. The van der Waals surface area contributed by atoms with Gasteiger partial charge in [-0.15, -0.1) is 0 Å². The summed E-state index contributed by atoms with van der Waals surface area (Å²) in [5.74, 6) is -0.221. The third kappa shape index (κ3) is 6.09. The van der Waals surface area contributed by atoms with E-state index in [4.69, 9.17) is 4.74 Å². The van der Waals surface area contributed by atoms with Crippen molar-refractivity contribution in [3.8, 4) is 5.75 Å². The molecule has 0 bridgehead atoms. The van der Waals surface area contributed by atoms with E-state index < -0.39 is 11.8 Å². The number of benzene rings is 2. The second-order valence-electron chi connectivity index (χ2n) is 6.34. The fraction of sp³-hybridized carbons (Fsp3) is 0.238. The maximum absolute atomic E-state index is 11.8. The molecule has 0 fully saturated rings. The number of hydrogen-bond donors (Lipinski definition) is 2. The minimum Gasteiger partial charge on any atom is -0.484 e. The first-order valence-corrected chi connectivity index (χ1v) is 8.39. The molecule has 2 aromatic carbocycles. The molecule has 2 aromatic rings. The summed E-state index contributed by atoms with van der Waals surface area (Å²) in [4.78, 5) is 23.6. The Hall–Kier alpha value is -3.08. The molecule has 2 rings (SSSR count). The summed E-state index contributed by atoms with van der Waals surface area (Å²) in [5.41, 5.74) is 9.99. The molecule has 0 aromatic heterocycles. The molecule has 136 valence electrons. The summed E-state index contributed by atoms with van der Waals surface area (Å²) >= 11 is 0. The second kappa shape index (κ2) is 8.85. The van der Waals surface area contributed by atoms with Crippen LogP contribution in [0.5, 0.6) is 5.75 Å². The Morgan fingerprint density at radius 3 is 2.27 bits per heavy atom. The van der Waals surface area contributed by atoms with Gasteiger partial charge >= 0.3 is 0 Å².